The number of rotatable bonds is 2. The third kappa shape index (κ3) is 2.83. The summed E-state index contributed by atoms with van der Waals surface area (Å²) in [5.74, 6) is 0.740. The molecule has 0 saturated heterocycles. The van der Waals surface area contributed by atoms with Crippen molar-refractivity contribution in [1.82, 2.24) is 14.5 Å². The molecule has 2 aromatic heterocycles. The first-order valence-corrected chi connectivity index (χ1v) is 11.1. The van der Waals surface area contributed by atoms with E-state index in [1.165, 1.54) is 27.1 Å². The average Bonchev–Trinajstić information content (AvgIpc) is 3.21. The van der Waals surface area contributed by atoms with Crippen LogP contribution in [0, 0.1) is 0 Å². The molecule has 7 rings (SSSR count). The molecule has 5 aromatic carbocycles. The number of nitrogens with zero attached hydrogens (tertiary/aromatic N) is 3. The number of fused-ring (bicyclic) bond motifs is 5. The Labute approximate surface area is 190 Å². The van der Waals surface area contributed by atoms with Gasteiger partial charge in [-0.2, -0.15) is 0 Å². The first kappa shape index (κ1) is 18.1. The Kier molecular flexibility index (Phi) is 3.84. The Morgan fingerprint density at radius 2 is 1.27 bits per heavy atom. The SMILES string of the molecule is c1ccc(-n2c3ccccc3c3ccc(-c4ncc5cc6ccccc6cc5n4)cc32)cc1. The standard InChI is InChI=1S/C30H19N3/c1-2-10-24(11-3-1)33-28-13-7-6-12-25(28)26-15-14-22(18-29(26)33)30-31-19-23-16-20-8-4-5-9-21(20)17-27(23)32-30/h1-19H. The molecular formula is C30H19N3. The zero-order valence-electron chi connectivity index (χ0n) is 17.8. The van der Waals surface area contributed by atoms with Crippen molar-refractivity contribution >= 4 is 43.5 Å². The van der Waals surface area contributed by atoms with Gasteiger partial charge < -0.3 is 4.57 Å². The van der Waals surface area contributed by atoms with Gasteiger partial charge in [0.1, 0.15) is 0 Å². The van der Waals surface area contributed by atoms with Gasteiger partial charge in [0, 0.05) is 33.6 Å². The monoisotopic (exact) mass is 421 g/mol. The molecule has 0 N–H and O–H groups in total. The molecule has 0 unspecified atom stereocenters. The summed E-state index contributed by atoms with van der Waals surface area (Å²) in [5, 5.41) is 5.92. The average molecular weight is 422 g/mol. The van der Waals surface area contributed by atoms with Gasteiger partial charge in [0.25, 0.3) is 0 Å². The van der Waals surface area contributed by atoms with Gasteiger partial charge >= 0.3 is 0 Å². The van der Waals surface area contributed by atoms with Crippen LogP contribution in [0.2, 0.25) is 0 Å². The van der Waals surface area contributed by atoms with E-state index in [4.69, 9.17) is 9.97 Å². The molecule has 0 saturated carbocycles. The van der Waals surface area contributed by atoms with Crippen molar-refractivity contribution in [2.24, 2.45) is 0 Å². The Bertz CT molecular complexity index is 1810. The van der Waals surface area contributed by atoms with E-state index in [1.54, 1.807) is 0 Å². The number of benzene rings is 5. The lowest BCUT2D eigenvalue weighted by atomic mass is 10.1. The quantitative estimate of drug-likeness (QED) is 0.270. The third-order valence-corrected chi connectivity index (χ3v) is 6.39. The van der Waals surface area contributed by atoms with Crippen molar-refractivity contribution in [3.63, 3.8) is 0 Å². The number of para-hydroxylation sites is 2. The van der Waals surface area contributed by atoms with E-state index >= 15 is 0 Å². The molecule has 0 bridgehead atoms. The lowest BCUT2D eigenvalue weighted by Gasteiger charge is -2.09. The van der Waals surface area contributed by atoms with Gasteiger partial charge in [-0.15, -0.1) is 0 Å². The van der Waals surface area contributed by atoms with Gasteiger partial charge in [0.05, 0.1) is 16.6 Å². The van der Waals surface area contributed by atoms with E-state index in [-0.39, 0.29) is 0 Å². The zero-order chi connectivity index (χ0) is 21.8. The molecule has 0 aliphatic carbocycles. The molecule has 33 heavy (non-hydrogen) atoms. The van der Waals surface area contributed by atoms with Crippen molar-refractivity contribution in [2.75, 3.05) is 0 Å². The van der Waals surface area contributed by atoms with Crippen molar-refractivity contribution < 1.29 is 0 Å². The van der Waals surface area contributed by atoms with E-state index in [2.05, 4.69) is 114 Å². The molecule has 3 nitrogen and oxygen atoms in total. The highest BCUT2D eigenvalue weighted by Gasteiger charge is 2.14. The second-order valence-electron chi connectivity index (χ2n) is 8.37. The maximum absolute atomic E-state index is 4.94. The topological polar surface area (TPSA) is 30.7 Å². The summed E-state index contributed by atoms with van der Waals surface area (Å²) in [6.07, 6.45) is 1.93. The van der Waals surface area contributed by atoms with Crippen molar-refractivity contribution in [1.29, 1.82) is 0 Å². The zero-order valence-corrected chi connectivity index (χ0v) is 17.8. The highest BCUT2D eigenvalue weighted by Crippen LogP contribution is 2.34. The molecule has 0 spiro atoms. The smallest absolute Gasteiger partial charge is 0.159 e. The first-order chi connectivity index (χ1) is 16.3. The Morgan fingerprint density at radius 3 is 2.15 bits per heavy atom. The van der Waals surface area contributed by atoms with Crippen molar-refractivity contribution in [3.8, 4) is 17.1 Å². The van der Waals surface area contributed by atoms with Gasteiger partial charge in [0.2, 0.25) is 0 Å². The summed E-state index contributed by atoms with van der Waals surface area (Å²) in [6.45, 7) is 0. The summed E-state index contributed by atoms with van der Waals surface area (Å²) in [7, 11) is 0. The van der Waals surface area contributed by atoms with Gasteiger partial charge in [-0.1, -0.05) is 72.8 Å². The van der Waals surface area contributed by atoms with Crippen LogP contribution in [-0.4, -0.2) is 14.5 Å². The summed E-state index contributed by atoms with van der Waals surface area (Å²) in [4.78, 5) is 9.67. The fraction of sp³-hybridized carbons (Fsp3) is 0. The maximum atomic E-state index is 4.94. The van der Waals surface area contributed by atoms with Crippen LogP contribution in [0.4, 0.5) is 0 Å². The van der Waals surface area contributed by atoms with Crippen molar-refractivity contribution in [3.05, 3.63) is 115 Å². The van der Waals surface area contributed by atoms with Crippen LogP contribution >= 0.6 is 0 Å². The highest BCUT2D eigenvalue weighted by molar-refractivity contribution is 6.10. The van der Waals surface area contributed by atoms with Crippen LogP contribution in [0.15, 0.2) is 115 Å². The van der Waals surface area contributed by atoms with Crippen LogP contribution < -0.4 is 0 Å². The summed E-state index contributed by atoms with van der Waals surface area (Å²) >= 11 is 0. The first-order valence-electron chi connectivity index (χ1n) is 11.1. The Morgan fingerprint density at radius 1 is 0.545 bits per heavy atom. The molecule has 2 heterocycles. The molecular weight excluding hydrogens is 402 g/mol. The molecule has 3 heteroatoms. The third-order valence-electron chi connectivity index (χ3n) is 6.39. The second kappa shape index (κ2) is 7.01. The van der Waals surface area contributed by atoms with E-state index in [1.807, 2.05) is 6.20 Å². The lowest BCUT2D eigenvalue weighted by molar-refractivity contribution is 1.18. The minimum atomic E-state index is 0.740. The van der Waals surface area contributed by atoms with Crippen molar-refractivity contribution in [2.45, 2.75) is 0 Å². The second-order valence-corrected chi connectivity index (χ2v) is 8.37. The van der Waals surface area contributed by atoms with Crippen LogP contribution in [0.1, 0.15) is 0 Å². The minimum absolute atomic E-state index is 0.740. The Balaban J connectivity index is 1.47. The fourth-order valence-electron chi connectivity index (χ4n) is 4.82. The van der Waals surface area contributed by atoms with Gasteiger partial charge in [-0.05, 0) is 47.2 Å². The van der Waals surface area contributed by atoms with E-state index < -0.39 is 0 Å². The molecule has 0 aliphatic rings. The fourth-order valence-corrected chi connectivity index (χ4v) is 4.82. The highest BCUT2D eigenvalue weighted by atomic mass is 15.0. The van der Waals surface area contributed by atoms with Crippen LogP contribution in [-0.2, 0) is 0 Å². The molecule has 154 valence electrons. The van der Waals surface area contributed by atoms with Crippen LogP contribution in [0.3, 0.4) is 0 Å². The Hall–Kier alpha value is -4.50. The van der Waals surface area contributed by atoms with Crippen LogP contribution in [0.25, 0.3) is 60.6 Å². The van der Waals surface area contributed by atoms with Gasteiger partial charge in [0.15, 0.2) is 5.82 Å². The van der Waals surface area contributed by atoms with E-state index in [9.17, 15) is 0 Å². The lowest BCUT2D eigenvalue weighted by Crippen LogP contribution is -1.94. The molecule has 0 amide bonds. The molecule has 7 aromatic rings. The summed E-state index contributed by atoms with van der Waals surface area (Å²) in [5.41, 5.74) is 5.47. The maximum Gasteiger partial charge on any atom is 0.159 e. The normalized spacial score (nSPS) is 11.6. The van der Waals surface area contributed by atoms with Crippen LogP contribution in [0.5, 0.6) is 0 Å². The van der Waals surface area contributed by atoms with Gasteiger partial charge in [-0.3, -0.25) is 0 Å². The molecule has 0 aliphatic heterocycles. The largest absolute Gasteiger partial charge is 0.309 e. The summed E-state index contributed by atoms with van der Waals surface area (Å²) < 4.78 is 2.32. The molecule has 0 atom stereocenters. The molecule has 0 radical (unpaired) electrons. The number of hydrogen-bond acceptors (Lipinski definition) is 2. The summed E-state index contributed by atoms with van der Waals surface area (Å²) in [6, 6.07) is 38.3. The molecule has 0 fully saturated rings. The van der Waals surface area contributed by atoms with E-state index in [0.717, 1.165) is 33.5 Å². The predicted molar refractivity (Wildman–Crippen MR) is 137 cm³/mol. The number of aromatic nitrogens is 3. The van der Waals surface area contributed by atoms with Gasteiger partial charge in [-0.25, -0.2) is 9.97 Å². The van der Waals surface area contributed by atoms with E-state index in [0.29, 0.717) is 0 Å². The number of hydrogen-bond donors (Lipinski definition) is 0. The predicted octanol–water partition coefficient (Wildman–Crippen LogP) is 7.55. The minimum Gasteiger partial charge on any atom is -0.309 e.